The molecule has 1 atom stereocenters. The van der Waals surface area contributed by atoms with Crippen LogP contribution in [0.5, 0.6) is 0 Å². The molecule has 17 heavy (non-hydrogen) atoms. The van der Waals surface area contributed by atoms with E-state index >= 15 is 0 Å². The van der Waals surface area contributed by atoms with Crippen LogP contribution in [0, 0.1) is 5.92 Å². The van der Waals surface area contributed by atoms with E-state index in [2.05, 4.69) is 21.2 Å². The third-order valence-electron chi connectivity index (χ3n) is 2.76. The fourth-order valence-electron chi connectivity index (χ4n) is 1.83. The summed E-state index contributed by atoms with van der Waals surface area (Å²) in [4.78, 5) is 11.9. The first-order valence-electron chi connectivity index (χ1n) is 5.57. The van der Waals surface area contributed by atoms with Gasteiger partial charge < -0.3 is 11.1 Å². The molecule has 5 heteroatoms. The third kappa shape index (κ3) is 3.64. The second kappa shape index (κ2) is 5.78. The second-order valence-corrected chi connectivity index (χ2v) is 6.28. The Morgan fingerprint density at radius 3 is 3.00 bits per heavy atom. The van der Waals surface area contributed by atoms with Crippen molar-refractivity contribution in [2.24, 2.45) is 5.92 Å². The Morgan fingerprint density at radius 1 is 1.53 bits per heavy atom. The van der Waals surface area contributed by atoms with Gasteiger partial charge in [-0.1, -0.05) is 15.9 Å². The van der Waals surface area contributed by atoms with E-state index in [1.807, 2.05) is 11.8 Å². The van der Waals surface area contributed by atoms with Crippen molar-refractivity contribution in [1.82, 2.24) is 5.32 Å². The van der Waals surface area contributed by atoms with Crippen LogP contribution in [0.3, 0.4) is 0 Å². The van der Waals surface area contributed by atoms with Gasteiger partial charge in [0, 0.05) is 22.3 Å². The topological polar surface area (TPSA) is 55.1 Å². The van der Waals surface area contributed by atoms with Crippen molar-refractivity contribution in [1.29, 1.82) is 0 Å². The molecule has 0 saturated carbocycles. The summed E-state index contributed by atoms with van der Waals surface area (Å²) in [7, 11) is 0. The van der Waals surface area contributed by atoms with Crippen LogP contribution in [0.2, 0.25) is 0 Å². The van der Waals surface area contributed by atoms with Crippen LogP contribution in [0.15, 0.2) is 22.7 Å². The molecule has 1 fully saturated rings. The Kier molecular flexibility index (Phi) is 4.34. The molecule has 0 spiro atoms. The minimum Gasteiger partial charge on any atom is -0.399 e. The lowest BCUT2D eigenvalue weighted by Crippen LogP contribution is -2.29. The number of amides is 1. The van der Waals surface area contributed by atoms with Crippen molar-refractivity contribution in [2.75, 3.05) is 23.8 Å². The maximum Gasteiger partial charge on any atom is 0.251 e. The molecule has 2 rings (SSSR count). The molecular weight excluding hydrogens is 300 g/mol. The number of thioether (sulfide) groups is 1. The summed E-state index contributed by atoms with van der Waals surface area (Å²) in [6.45, 7) is 0.762. The Labute approximate surface area is 114 Å². The Bertz CT molecular complexity index is 399. The molecule has 1 heterocycles. The van der Waals surface area contributed by atoms with E-state index in [0.29, 0.717) is 17.2 Å². The Morgan fingerprint density at radius 2 is 2.35 bits per heavy atom. The predicted octanol–water partition coefficient (Wildman–Crippen LogP) is 2.51. The molecule has 1 aromatic carbocycles. The molecule has 0 bridgehead atoms. The van der Waals surface area contributed by atoms with E-state index in [0.717, 1.165) is 16.8 Å². The van der Waals surface area contributed by atoms with Crippen LogP contribution in [-0.2, 0) is 0 Å². The van der Waals surface area contributed by atoms with Gasteiger partial charge in [0.25, 0.3) is 5.91 Å². The van der Waals surface area contributed by atoms with Gasteiger partial charge in [-0.05, 0) is 42.0 Å². The first-order valence-corrected chi connectivity index (χ1v) is 7.52. The first-order chi connectivity index (χ1) is 8.15. The van der Waals surface area contributed by atoms with Crippen LogP contribution in [-0.4, -0.2) is 24.0 Å². The van der Waals surface area contributed by atoms with E-state index in [-0.39, 0.29) is 5.91 Å². The summed E-state index contributed by atoms with van der Waals surface area (Å²) in [5.41, 5.74) is 6.91. The van der Waals surface area contributed by atoms with Crippen LogP contribution in [0.1, 0.15) is 16.8 Å². The average Bonchev–Trinajstić information content (AvgIpc) is 2.77. The van der Waals surface area contributed by atoms with E-state index < -0.39 is 0 Å². The van der Waals surface area contributed by atoms with Crippen molar-refractivity contribution < 1.29 is 4.79 Å². The smallest absolute Gasteiger partial charge is 0.251 e. The molecule has 1 aliphatic heterocycles. The van der Waals surface area contributed by atoms with Crippen molar-refractivity contribution in [2.45, 2.75) is 6.42 Å². The number of hydrogen-bond donors (Lipinski definition) is 2. The number of rotatable bonds is 3. The lowest BCUT2D eigenvalue weighted by atomic mass is 10.1. The monoisotopic (exact) mass is 314 g/mol. The number of halogens is 1. The highest BCUT2D eigenvalue weighted by atomic mass is 79.9. The summed E-state index contributed by atoms with van der Waals surface area (Å²) in [6.07, 6.45) is 1.20. The van der Waals surface area contributed by atoms with Crippen molar-refractivity contribution >= 4 is 39.3 Å². The number of carbonyl (C=O) groups is 1. The number of nitrogen functional groups attached to an aromatic ring is 1. The lowest BCUT2D eigenvalue weighted by molar-refractivity contribution is 0.0948. The maximum atomic E-state index is 11.9. The Balaban J connectivity index is 1.94. The Hall–Kier alpha value is -0.680. The molecule has 1 aromatic rings. The third-order valence-corrected chi connectivity index (χ3v) is 4.45. The molecule has 1 unspecified atom stereocenters. The number of anilines is 1. The van der Waals surface area contributed by atoms with Gasteiger partial charge in [0.15, 0.2) is 0 Å². The van der Waals surface area contributed by atoms with Crippen LogP contribution < -0.4 is 11.1 Å². The molecule has 92 valence electrons. The van der Waals surface area contributed by atoms with Gasteiger partial charge in [0.1, 0.15) is 0 Å². The zero-order valence-electron chi connectivity index (χ0n) is 9.41. The minimum atomic E-state index is -0.0464. The molecule has 3 nitrogen and oxygen atoms in total. The zero-order valence-corrected chi connectivity index (χ0v) is 11.8. The van der Waals surface area contributed by atoms with E-state index in [1.165, 1.54) is 12.2 Å². The second-order valence-electron chi connectivity index (χ2n) is 4.21. The van der Waals surface area contributed by atoms with Gasteiger partial charge in [-0.2, -0.15) is 11.8 Å². The van der Waals surface area contributed by atoms with Gasteiger partial charge >= 0.3 is 0 Å². The molecule has 3 N–H and O–H groups in total. The molecule has 1 aliphatic rings. The van der Waals surface area contributed by atoms with Crippen LogP contribution in [0.25, 0.3) is 0 Å². The SMILES string of the molecule is Nc1cc(Br)cc(C(=O)NCC2CCSC2)c1. The summed E-state index contributed by atoms with van der Waals surface area (Å²) >= 11 is 5.29. The highest BCUT2D eigenvalue weighted by molar-refractivity contribution is 9.10. The average molecular weight is 315 g/mol. The van der Waals surface area contributed by atoms with Crippen molar-refractivity contribution in [3.05, 3.63) is 28.2 Å². The van der Waals surface area contributed by atoms with Gasteiger partial charge in [-0.3, -0.25) is 4.79 Å². The normalized spacial score (nSPS) is 19.2. The molecule has 0 aliphatic carbocycles. The van der Waals surface area contributed by atoms with Gasteiger partial charge in [0.2, 0.25) is 0 Å². The number of hydrogen-bond acceptors (Lipinski definition) is 3. The minimum absolute atomic E-state index is 0.0464. The predicted molar refractivity (Wildman–Crippen MR) is 76.3 cm³/mol. The van der Waals surface area contributed by atoms with Crippen molar-refractivity contribution in [3.8, 4) is 0 Å². The summed E-state index contributed by atoms with van der Waals surface area (Å²) in [5, 5.41) is 2.97. The summed E-state index contributed by atoms with van der Waals surface area (Å²) < 4.78 is 0.832. The van der Waals surface area contributed by atoms with Gasteiger partial charge in [-0.15, -0.1) is 0 Å². The van der Waals surface area contributed by atoms with Crippen molar-refractivity contribution in [3.63, 3.8) is 0 Å². The van der Waals surface area contributed by atoms with Crippen LogP contribution in [0.4, 0.5) is 5.69 Å². The standard InChI is InChI=1S/C12H15BrN2OS/c13-10-3-9(4-11(14)5-10)12(16)15-6-8-1-2-17-7-8/h3-5,8H,1-2,6-7,14H2,(H,15,16). The molecule has 1 saturated heterocycles. The van der Waals surface area contributed by atoms with Crippen LogP contribution >= 0.6 is 27.7 Å². The number of nitrogens with one attached hydrogen (secondary N) is 1. The van der Waals surface area contributed by atoms with Gasteiger partial charge in [-0.25, -0.2) is 0 Å². The molecule has 0 radical (unpaired) electrons. The highest BCUT2D eigenvalue weighted by Crippen LogP contribution is 2.23. The quantitative estimate of drug-likeness (QED) is 0.843. The molecular formula is C12H15BrN2OS. The fourth-order valence-corrected chi connectivity index (χ4v) is 3.62. The summed E-state index contributed by atoms with van der Waals surface area (Å²) in [6, 6.07) is 5.27. The zero-order chi connectivity index (χ0) is 12.3. The molecule has 0 aromatic heterocycles. The van der Waals surface area contributed by atoms with Gasteiger partial charge in [0.05, 0.1) is 0 Å². The van der Waals surface area contributed by atoms with E-state index in [4.69, 9.17) is 5.73 Å². The fraction of sp³-hybridized carbons (Fsp3) is 0.417. The number of carbonyl (C=O) groups excluding carboxylic acids is 1. The largest absolute Gasteiger partial charge is 0.399 e. The van der Waals surface area contributed by atoms with E-state index in [9.17, 15) is 4.79 Å². The number of nitrogens with two attached hydrogens (primary N) is 1. The lowest BCUT2D eigenvalue weighted by Gasteiger charge is -2.10. The first kappa shape index (κ1) is 12.8. The number of benzene rings is 1. The maximum absolute atomic E-state index is 11.9. The highest BCUT2D eigenvalue weighted by Gasteiger charge is 2.16. The van der Waals surface area contributed by atoms with E-state index in [1.54, 1.807) is 18.2 Å². The summed E-state index contributed by atoms with van der Waals surface area (Å²) in [5.74, 6) is 2.94. The molecule has 1 amide bonds.